The fourth-order valence-corrected chi connectivity index (χ4v) is 4.06. The summed E-state index contributed by atoms with van der Waals surface area (Å²) >= 11 is 11.8. The number of fused-ring (bicyclic) bond motifs is 1. The standard InChI is InChI=1S/C16H22BrClN2S/c1-5-16(6-2,21-4)10-20-14-8-7-12(17)9-13(14)19-15(20)11(3)18/h7-9,11H,5-6,10H2,1-4H3. The van der Waals surface area contributed by atoms with Gasteiger partial charge in [0.25, 0.3) is 0 Å². The minimum Gasteiger partial charge on any atom is -0.325 e. The monoisotopic (exact) mass is 388 g/mol. The number of halogens is 2. The molecule has 2 rings (SSSR count). The third kappa shape index (κ3) is 3.43. The van der Waals surface area contributed by atoms with Crippen molar-refractivity contribution in [3.63, 3.8) is 0 Å². The smallest absolute Gasteiger partial charge is 0.127 e. The Kier molecular flexibility index (Phi) is 5.66. The van der Waals surface area contributed by atoms with Crippen LogP contribution in [0.15, 0.2) is 22.7 Å². The molecule has 21 heavy (non-hydrogen) atoms. The first-order chi connectivity index (χ1) is 9.96. The summed E-state index contributed by atoms with van der Waals surface area (Å²) in [4.78, 5) is 4.75. The minimum atomic E-state index is -0.0931. The lowest BCUT2D eigenvalue weighted by molar-refractivity contribution is 0.463. The number of aromatic nitrogens is 2. The molecule has 5 heteroatoms. The van der Waals surface area contributed by atoms with Crippen molar-refractivity contribution in [2.24, 2.45) is 0 Å². The van der Waals surface area contributed by atoms with Crippen molar-refractivity contribution in [1.82, 2.24) is 9.55 Å². The van der Waals surface area contributed by atoms with Gasteiger partial charge in [-0.2, -0.15) is 11.8 Å². The van der Waals surface area contributed by atoms with Crippen LogP contribution in [0.25, 0.3) is 11.0 Å². The Balaban J connectivity index is 2.57. The van der Waals surface area contributed by atoms with Crippen LogP contribution in [0.3, 0.4) is 0 Å². The van der Waals surface area contributed by atoms with E-state index in [4.69, 9.17) is 16.6 Å². The van der Waals surface area contributed by atoms with E-state index in [0.717, 1.165) is 35.2 Å². The van der Waals surface area contributed by atoms with Gasteiger partial charge in [-0.15, -0.1) is 11.6 Å². The molecule has 0 radical (unpaired) electrons. The van der Waals surface area contributed by atoms with E-state index in [0.29, 0.717) is 0 Å². The molecular weight excluding hydrogens is 368 g/mol. The first-order valence-electron chi connectivity index (χ1n) is 7.31. The number of alkyl halides is 1. The fourth-order valence-electron chi connectivity index (χ4n) is 2.71. The van der Waals surface area contributed by atoms with Crippen molar-refractivity contribution in [3.8, 4) is 0 Å². The third-order valence-corrected chi connectivity index (χ3v) is 6.52. The molecule has 0 fully saturated rings. The third-order valence-electron chi connectivity index (χ3n) is 4.26. The lowest BCUT2D eigenvalue weighted by atomic mass is 10.0. The predicted molar refractivity (Wildman–Crippen MR) is 98.5 cm³/mol. The summed E-state index contributed by atoms with van der Waals surface area (Å²) in [5, 5.41) is -0.0931. The summed E-state index contributed by atoms with van der Waals surface area (Å²) in [6.07, 6.45) is 4.47. The molecule has 1 unspecified atom stereocenters. The molecule has 0 bridgehead atoms. The second kappa shape index (κ2) is 6.93. The summed E-state index contributed by atoms with van der Waals surface area (Å²) in [5.41, 5.74) is 2.18. The largest absolute Gasteiger partial charge is 0.325 e. The normalized spacial score (nSPS) is 13.8. The van der Waals surface area contributed by atoms with E-state index in [1.807, 2.05) is 18.7 Å². The molecule has 0 aliphatic carbocycles. The minimum absolute atomic E-state index is 0.0931. The highest BCUT2D eigenvalue weighted by Crippen LogP contribution is 2.36. The van der Waals surface area contributed by atoms with Crippen molar-refractivity contribution in [2.75, 3.05) is 6.26 Å². The molecule has 2 nitrogen and oxygen atoms in total. The van der Waals surface area contributed by atoms with Crippen LogP contribution in [-0.4, -0.2) is 20.6 Å². The van der Waals surface area contributed by atoms with Crippen LogP contribution in [0, 0.1) is 0 Å². The Labute approximate surface area is 144 Å². The zero-order chi connectivity index (χ0) is 15.6. The van der Waals surface area contributed by atoms with E-state index in [1.165, 1.54) is 5.52 Å². The summed E-state index contributed by atoms with van der Waals surface area (Å²) < 4.78 is 3.60. The maximum Gasteiger partial charge on any atom is 0.127 e. The highest BCUT2D eigenvalue weighted by molar-refractivity contribution is 9.10. The molecule has 2 aromatic rings. The number of rotatable bonds is 6. The van der Waals surface area contributed by atoms with Gasteiger partial charge in [-0.1, -0.05) is 29.8 Å². The summed E-state index contributed by atoms with van der Waals surface area (Å²) in [5.74, 6) is 0.963. The van der Waals surface area contributed by atoms with Crippen LogP contribution >= 0.6 is 39.3 Å². The lowest BCUT2D eigenvalue weighted by Crippen LogP contribution is -2.29. The SMILES string of the molecule is CCC(CC)(Cn1c(C(C)Cl)nc2cc(Br)ccc21)SC. The maximum absolute atomic E-state index is 6.38. The molecule has 116 valence electrons. The van der Waals surface area contributed by atoms with Crippen molar-refractivity contribution in [3.05, 3.63) is 28.5 Å². The van der Waals surface area contributed by atoms with Crippen molar-refractivity contribution in [2.45, 2.75) is 50.3 Å². The number of hydrogen-bond donors (Lipinski definition) is 0. The van der Waals surface area contributed by atoms with E-state index < -0.39 is 0 Å². The van der Waals surface area contributed by atoms with Crippen LogP contribution in [-0.2, 0) is 6.54 Å². The molecule has 0 N–H and O–H groups in total. The molecular formula is C16H22BrClN2S. The molecule has 1 atom stereocenters. The van der Waals surface area contributed by atoms with Gasteiger partial charge < -0.3 is 4.57 Å². The molecule has 1 aromatic heterocycles. The second-order valence-corrected chi connectivity index (χ2v) is 8.24. The van der Waals surface area contributed by atoms with Gasteiger partial charge in [0.2, 0.25) is 0 Å². The topological polar surface area (TPSA) is 17.8 Å². The van der Waals surface area contributed by atoms with Crippen molar-refractivity contribution < 1.29 is 0 Å². The van der Waals surface area contributed by atoms with Crippen molar-refractivity contribution in [1.29, 1.82) is 0 Å². The number of imidazole rings is 1. The summed E-state index contributed by atoms with van der Waals surface area (Å²) in [6, 6.07) is 6.26. The van der Waals surface area contributed by atoms with E-state index in [9.17, 15) is 0 Å². The molecule has 0 aliphatic heterocycles. The highest BCUT2D eigenvalue weighted by Gasteiger charge is 2.28. The number of benzene rings is 1. The zero-order valence-electron chi connectivity index (χ0n) is 13.0. The second-order valence-electron chi connectivity index (χ2n) is 5.40. The average molecular weight is 390 g/mol. The van der Waals surface area contributed by atoms with Crippen LogP contribution in [0.5, 0.6) is 0 Å². The number of nitrogens with zero attached hydrogens (tertiary/aromatic N) is 2. The highest BCUT2D eigenvalue weighted by atomic mass is 79.9. The molecule has 1 heterocycles. The first kappa shape index (κ1) is 17.2. The van der Waals surface area contributed by atoms with E-state index in [-0.39, 0.29) is 10.1 Å². The van der Waals surface area contributed by atoms with Gasteiger partial charge >= 0.3 is 0 Å². The van der Waals surface area contributed by atoms with E-state index in [2.05, 4.69) is 58.8 Å². The average Bonchev–Trinajstić information content (AvgIpc) is 2.82. The molecule has 0 saturated heterocycles. The van der Waals surface area contributed by atoms with E-state index >= 15 is 0 Å². The molecule has 0 aliphatic rings. The Morgan fingerprint density at radius 2 is 2.05 bits per heavy atom. The van der Waals surface area contributed by atoms with Crippen LogP contribution in [0.2, 0.25) is 0 Å². The van der Waals surface area contributed by atoms with Crippen LogP contribution < -0.4 is 0 Å². The zero-order valence-corrected chi connectivity index (χ0v) is 16.1. The van der Waals surface area contributed by atoms with Gasteiger partial charge in [-0.05, 0) is 44.2 Å². The summed E-state index contributed by atoms with van der Waals surface area (Å²) in [6.45, 7) is 7.47. The van der Waals surface area contributed by atoms with Gasteiger partial charge in [0.05, 0.1) is 16.4 Å². The number of hydrogen-bond acceptors (Lipinski definition) is 2. The van der Waals surface area contributed by atoms with Gasteiger partial charge in [0, 0.05) is 15.8 Å². The van der Waals surface area contributed by atoms with Gasteiger partial charge in [0.1, 0.15) is 5.82 Å². The molecule has 1 aromatic carbocycles. The van der Waals surface area contributed by atoms with Crippen LogP contribution in [0.4, 0.5) is 0 Å². The molecule has 0 spiro atoms. The molecule has 0 amide bonds. The van der Waals surface area contributed by atoms with Gasteiger partial charge in [-0.3, -0.25) is 0 Å². The Bertz CT molecular complexity index is 612. The van der Waals surface area contributed by atoms with E-state index in [1.54, 1.807) is 0 Å². The summed E-state index contributed by atoms with van der Waals surface area (Å²) in [7, 11) is 0. The first-order valence-corrected chi connectivity index (χ1v) is 9.76. The van der Waals surface area contributed by atoms with Crippen LogP contribution in [0.1, 0.15) is 44.8 Å². The Hall–Kier alpha value is -0.190. The Morgan fingerprint density at radius 1 is 1.38 bits per heavy atom. The fraction of sp³-hybridized carbons (Fsp3) is 0.562. The number of thioether (sulfide) groups is 1. The van der Waals surface area contributed by atoms with Gasteiger partial charge in [0.15, 0.2) is 0 Å². The van der Waals surface area contributed by atoms with Crippen molar-refractivity contribution >= 4 is 50.3 Å². The molecule has 0 saturated carbocycles. The maximum atomic E-state index is 6.38. The quantitative estimate of drug-likeness (QED) is 0.562. The lowest BCUT2D eigenvalue weighted by Gasteiger charge is -2.31. The predicted octanol–water partition coefficient (Wildman–Crippen LogP) is 6.02. The van der Waals surface area contributed by atoms with Gasteiger partial charge in [-0.25, -0.2) is 4.98 Å². The Morgan fingerprint density at radius 3 is 2.57 bits per heavy atom.